The van der Waals surface area contributed by atoms with Crippen LogP contribution >= 0.6 is 0 Å². The predicted octanol–water partition coefficient (Wildman–Crippen LogP) is -0.413. The zero-order valence-electron chi connectivity index (χ0n) is 10.7. The molecule has 2 N–H and O–H groups in total. The van der Waals surface area contributed by atoms with Gasteiger partial charge in [-0.05, 0) is 32.9 Å². The van der Waals surface area contributed by atoms with E-state index in [9.17, 15) is 8.42 Å². The van der Waals surface area contributed by atoms with E-state index in [0.717, 1.165) is 13.0 Å². The number of rotatable bonds is 10. The van der Waals surface area contributed by atoms with Gasteiger partial charge in [0.1, 0.15) is 0 Å². The zero-order valence-corrected chi connectivity index (χ0v) is 11.5. The average Bonchev–Trinajstić information content (AvgIpc) is 2.83. The van der Waals surface area contributed by atoms with Crippen LogP contribution in [0.5, 0.6) is 0 Å². The van der Waals surface area contributed by atoms with Gasteiger partial charge in [0.25, 0.3) is 0 Å². The van der Waals surface area contributed by atoms with E-state index >= 15 is 0 Å². The van der Waals surface area contributed by atoms with Crippen molar-refractivity contribution < 1.29 is 8.42 Å². The zero-order chi connectivity index (χ0) is 13.3. The molecule has 0 aliphatic rings. The number of aromatic nitrogens is 3. The second-order valence-corrected chi connectivity index (χ2v) is 5.97. The first kappa shape index (κ1) is 15.1. The smallest absolute Gasteiger partial charge is 0.211 e. The molecule has 1 rings (SSSR count). The SMILES string of the molecule is CNCCCCS(=O)(=O)NCCCn1ccnn1. The largest absolute Gasteiger partial charge is 0.320 e. The summed E-state index contributed by atoms with van der Waals surface area (Å²) in [7, 11) is -1.27. The third-order valence-electron chi connectivity index (χ3n) is 2.45. The summed E-state index contributed by atoms with van der Waals surface area (Å²) in [4.78, 5) is 0. The highest BCUT2D eigenvalue weighted by Crippen LogP contribution is 1.94. The first-order chi connectivity index (χ1) is 8.64. The number of sulfonamides is 1. The van der Waals surface area contributed by atoms with Gasteiger partial charge in [0.15, 0.2) is 0 Å². The van der Waals surface area contributed by atoms with Crippen LogP contribution in [0.1, 0.15) is 19.3 Å². The van der Waals surface area contributed by atoms with Gasteiger partial charge in [0.05, 0.1) is 11.9 Å². The van der Waals surface area contributed by atoms with E-state index in [1.807, 2.05) is 7.05 Å². The van der Waals surface area contributed by atoms with Crippen LogP contribution in [0.15, 0.2) is 12.4 Å². The van der Waals surface area contributed by atoms with Crippen molar-refractivity contribution in [2.75, 3.05) is 25.9 Å². The lowest BCUT2D eigenvalue weighted by Crippen LogP contribution is -2.28. The third-order valence-corrected chi connectivity index (χ3v) is 3.92. The van der Waals surface area contributed by atoms with Gasteiger partial charge in [-0.15, -0.1) is 5.10 Å². The highest BCUT2D eigenvalue weighted by molar-refractivity contribution is 7.89. The average molecular weight is 275 g/mol. The van der Waals surface area contributed by atoms with E-state index in [1.54, 1.807) is 17.1 Å². The summed E-state index contributed by atoms with van der Waals surface area (Å²) in [6.45, 7) is 1.96. The Kier molecular flexibility index (Phi) is 6.84. The van der Waals surface area contributed by atoms with Crippen molar-refractivity contribution in [1.29, 1.82) is 0 Å². The van der Waals surface area contributed by atoms with Crippen LogP contribution in [0.2, 0.25) is 0 Å². The lowest BCUT2D eigenvalue weighted by molar-refractivity contribution is 0.540. The quantitative estimate of drug-likeness (QED) is 0.567. The van der Waals surface area contributed by atoms with Crippen LogP contribution in [0, 0.1) is 0 Å². The molecule has 0 unspecified atom stereocenters. The molecule has 0 amide bonds. The first-order valence-electron chi connectivity index (χ1n) is 6.10. The van der Waals surface area contributed by atoms with Gasteiger partial charge < -0.3 is 5.32 Å². The summed E-state index contributed by atoms with van der Waals surface area (Å²) in [5, 5.41) is 10.5. The van der Waals surface area contributed by atoms with E-state index in [2.05, 4.69) is 20.4 Å². The van der Waals surface area contributed by atoms with Crippen molar-refractivity contribution in [2.45, 2.75) is 25.8 Å². The van der Waals surface area contributed by atoms with E-state index in [1.165, 1.54) is 0 Å². The molecular weight excluding hydrogens is 254 g/mol. The van der Waals surface area contributed by atoms with Crippen molar-refractivity contribution in [3.8, 4) is 0 Å². The maximum Gasteiger partial charge on any atom is 0.211 e. The van der Waals surface area contributed by atoms with Crippen molar-refractivity contribution in [3.05, 3.63) is 12.4 Å². The Morgan fingerprint density at radius 3 is 2.72 bits per heavy atom. The van der Waals surface area contributed by atoms with E-state index in [0.29, 0.717) is 25.9 Å². The van der Waals surface area contributed by atoms with Gasteiger partial charge >= 0.3 is 0 Å². The maximum atomic E-state index is 11.6. The number of unbranched alkanes of at least 4 members (excludes halogenated alkanes) is 1. The summed E-state index contributed by atoms with van der Waals surface area (Å²) >= 11 is 0. The minimum absolute atomic E-state index is 0.192. The maximum absolute atomic E-state index is 11.6. The molecule has 0 bridgehead atoms. The fraction of sp³-hybridized carbons (Fsp3) is 0.800. The van der Waals surface area contributed by atoms with Crippen LogP contribution < -0.4 is 10.0 Å². The molecule has 0 atom stereocenters. The molecule has 0 aliphatic heterocycles. The van der Waals surface area contributed by atoms with Crippen molar-refractivity contribution in [1.82, 2.24) is 25.0 Å². The lowest BCUT2D eigenvalue weighted by atomic mass is 10.3. The second-order valence-electron chi connectivity index (χ2n) is 4.04. The predicted molar refractivity (Wildman–Crippen MR) is 69.6 cm³/mol. The molecule has 7 nitrogen and oxygen atoms in total. The molecule has 0 fully saturated rings. The van der Waals surface area contributed by atoms with Crippen LogP contribution in [0.25, 0.3) is 0 Å². The Balaban J connectivity index is 2.09. The molecule has 104 valence electrons. The molecule has 0 saturated heterocycles. The summed E-state index contributed by atoms with van der Waals surface area (Å²) in [6, 6.07) is 0. The number of nitrogens with zero attached hydrogens (tertiary/aromatic N) is 3. The molecule has 8 heteroatoms. The van der Waals surface area contributed by atoms with Crippen molar-refractivity contribution >= 4 is 10.0 Å². The molecular formula is C10H21N5O2S. The molecule has 1 aromatic heterocycles. The van der Waals surface area contributed by atoms with E-state index in [4.69, 9.17) is 0 Å². The summed E-state index contributed by atoms with van der Waals surface area (Å²) in [6.07, 6.45) is 5.62. The normalized spacial score (nSPS) is 11.8. The third kappa shape index (κ3) is 6.67. The van der Waals surface area contributed by atoms with Gasteiger partial charge in [-0.25, -0.2) is 13.1 Å². The van der Waals surface area contributed by atoms with Crippen molar-refractivity contribution in [3.63, 3.8) is 0 Å². The van der Waals surface area contributed by atoms with Crippen LogP contribution in [0.4, 0.5) is 0 Å². The molecule has 0 spiro atoms. The number of hydrogen-bond donors (Lipinski definition) is 2. The Hall–Kier alpha value is -0.990. The lowest BCUT2D eigenvalue weighted by Gasteiger charge is -2.06. The number of nitrogens with one attached hydrogen (secondary N) is 2. The Labute approximate surface area is 108 Å². The van der Waals surface area contributed by atoms with Gasteiger partial charge in [0, 0.05) is 19.3 Å². The Morgan fingerprint density at radius 1 is 1.22 bits per heavy atom. The monoisotopic (exact) mass is 275 g/mol. The molecule has 1 heterocycles. The van der Waals surface area contributed by atoms with Crippen LogP contribution in [0.3, 0.4) is 0 Å². The molecule has 0 radical (unpaired) electrons. The first-order valence-corrected chi connectivity index (χ1v) is 7.75. The summed E-state index contributed by atoms with van der Waals surface area (Å²) in [5.74, 6) is 0.192. The van der Waals surface area contributed by atoms with E-state index in [-0.39, 0.29) is 5.75 Å². The van der Waals surface area contributed by atoms with E-state index < -0.39 is 10.0 Å². The summed E-state index contributed by atoms with van der Waals surface area (Å²) in [5.41, 5.74) is 0. The Morgan fingerprint density at radius 2 is 2.06 bits per heavy atom. The number of hydrogen-bond acceptors (Lipinski definition) is 5. The van der Waals surface area contributed by atoms with Gasteiger partial charge in [-0.3, -0.25) is 4.68 Å². The second kappa shape index (κ2) is 8.17. The minimum atomic E-state index is -3.13. The molecule has 1 aromatic rings. The molecule has 0 aliphatic carbocycles. The highest BCUT2D eigenvalue weighted by atomic mass is 32.2. The van der Waals surface area contributed by atoms with Gasteiger partial charge in [0.2, 0.25) is 10.0 Å². The topological polar surface area (TPSA) is 88.9 Å². The van der Waals surface area contributed by atoms with Crippen LogP contribution in [-0.2, 0) is 16.6 Å². The highest BCUT2D eigenvalue weighted by Gasteiger charge is 2.08. The van der Waals surface area contributed by atoms with Gasteiger partial charge in [-0.2, -0.15) is 0 Å². The van der Waals surface area contributed by atoms with Gasteiger partial charge in [-0.1, -0.05) is 5.21 Å². The molecule has 0 aromatic carbocycles. The fourth-order valence-electron chi connectivity index (χ4n) is 1.49. The fourth-order valence-corrected chi connectivity index (χ4v) is 2.67. The molecule has 0 saturated carbocycles. The molecule has 18 heavy (non-hydrogen) atoms. The minimum Gasteiger partial charge on any atom is -0.320 e. The van der Waals surface area contributed by atoms with Crippen molar-refractivity contribution in [2.24, 2.45) is 0 Å². The number of aryl methyl sites for hydroxylation is 1. The standard InChI is InChI=1S/C10H21N5O2S/c1-11-5-2-3-10-18(16,17)13-6-4-8-15-9-7-12-14-15/h7,9,11,13H,2-6,8,10H2,1H3. The Bertz CT molecular complexity index is 404. The summed E-state index contributed by atoms with van der Waals surface area (Å²) < 4.78 is 27.4. The van der Waals surface area contributed by atoms with Crippen LogP contribution in [-0.4, -0.2) is 49.3 Å².